The smallest absolute Gasteiger partial charge is 0.212 e. The molecule has 1 aliphatic rings. The molecular weight excluding hydrogens is 268 g/mol. The van der Waals surface area contributed by atoms with Crippen LogP contribution in [-0.2, 0) is 16.6 Å². The first-order valence-electron chi connectivity index (χ1n) is 5.83. The van der Waals surface area contributed by atoms with Gasteiger partial charge in [-0.2, -0.15) is 0 Å². The van der Waals surface area contributed by atoms with E-state index >= 15 is 0 Å². The molecule has 0 unspecified atom stereocenters. The third-order valence-corrected chi connectivity index (χ3v) is 5.09. The van der Waals surface area contributed by atoms with Gasteiger partial charge in [0.15, 0.2) is 0 Å². The van der Waals surface area contributed by atoms with Crippen molar-refractivity contribution in [3.63, 3.8) is 0 Å². The first kappa shape index (κ1) is 13.6. The molecule has 0 bridgehead atoms. The fraction of sp³-hybridized carbons (Fsp3) is 0.500. The Morgan fingerprint density at radius 3 is 2.94 bits per heavy atom. The topological polar surface area (TPSA) is 72.2 Å². The second-order valence-electron chi connectivity index (χ2n) is 4.31. The second kappa shape index (κ2) is 5.85. The summed E-state index contributed by atoms with van der Waals surface area (Å²) < 4.78 is 26.1. The Labute approximate surface area is 112 Å². The molecule has 18 heavy (non-hydrogen) atoms. The maximum absolute atomic E-state index is 11.7. The lowest BCUT2D eigenvalue weighted by atomic mass is 10.2. The number of rotatable bonds is 5. The summed E-state index contributed by atoms with van der Waals surface area (Å²) in [5.41, 5.74) is 6.18. The minimum Gasteiger partial charge on any atom is -0.320 e. The molecule has 0 spiro atoms. The lowest BCUT2D eigenvalue weighted by Crippen LogP contribution is -2.26. The summed E-state index contributed by atoms with van der Waals surface area (Å²) in [7, 11) is -3.15. The molecule has 2 rings (SSSR count). The van der Waals surface area contributed by atoms with E-state index < -0.39 is 10.0 Å². The monoisotopic (exact) mass is 284 g/mol. The van der Waals surface area contributed by atoms with E-state index in [1.807, 2.05) is 11.4 Å². The third-order valence-electron chi connectivity index (χ3n) is 2.68. The average molecular weight is 284 g/mol. The van der Waals surface area contributed by atoms with Crippen LogP contribution in [0.5, 0.6) is 0 Å². The molecule has 0 radical (unpaired) electrons. The van der Waals surface area contributed by atoms with Gasteiger partial charge in [-0.15, -0.1) is 11.3 Å². The highest BCUT2D eigenvalue weighted by Crippen LogP contribution is 2.30. The normalized spacial score (nSPS) is 15.2. The first-order chi connectivity index (χ1) is 8.61. The summed E-state index contributed by atoms with van der Waals surface area (Å²) in [6.07, 6.45) is 2.07. The Morgan fingerprint density at radius 1 is 1.50 bits per heavy atom. The van der Waals surface area contributed by atoms with Crippen LogP contribution in [0.3, 0.4) is 0 Å². The predicted octanol–water partition coefficient (Wildman–Crippen LogP) is 0.888. The molecule has 98 valence electrons. The van der Waals surface area contributed by atoms with Crippen LogP contribution in [-0.4, -0.2) is 20.7 Å². The van der Waals surface area contributed by atoms with Gasteiger partial charge >= 0.3 is 0 Å². The van der Waals surface area contributed by atoms with E-state index in [2.05, 4.69) is 16.6 Å². The number of nitrogens with one attached hydrogen (secondary N) is 1. The molecule has 0 saturated heterocycles. The highest BCUT2D eigenvalue weighted by molar-refractivity contribution is 7.89. The minimum atomic E-state index is -3.15. The zero-order valence-electron chi connectivity index (χ0n) is 9.98. The van der Waals surface area contributed by atoms with Gasteiger partial charge in [-0.25, -0.2) is 13.1 Å². The van der Waals surface area contributed by atoms with Crippen LogP contribution in [0.1, 0.15) is 23.3 Å². The summed E-state index contributed by atoms with van der Waals surface area (Å²) in [5.74, 6) is 6.34. The highest BCUT2D eigenvalue weighted by Gasteiger charge is 2.27. The van der Waals surface area contributed by atoms with Crippen LogP contribution >= 0.6 is 11.3 Å². The van der Waals surface area contributed by atoms with Crippen LogP contribution in [0, 0.1) is 17.8 Å². The first-order valence-corrected chi connectivity index (χ1v) is 8.36. The summed E-state index contributed by atoms with van der Waals surface area (Å²) in [5, 5.41) is 1.91. The van der Waals surface area contributed by atoms with Crippen molar-refractivity contribution >= 4 is 21.4 Å². The maximum Gasteiger partial charge on any atom is 0.212 e. The third kappa shape index (κ3) is 4.10. The molecule has 1 saturated carbocycles. The molecule has 3 N–H and O–H groups in total. The molecule has 1 fully saturated rings. The van der Waals surface area contributed by atoms with Gasteiger partial charge in [-0.1, -0.05) is 11.8 Å². The SMILES string of the molecule is NCC#Cc1ccsc1CNS(=O)(=O)CC1CC1. The lowest BCUT2D eigenvalue weighted by Gasteiger charge is -2.04. The summed E-state index contributed by atoms with van der Waals surface area (Å²) >= 11 is 1.50. The van der Waals surface area contributed by atoms with Gasteiger partial charge in [0.25, 0.3) is 0 Å². The standard InChI is InChI=1S/C12H16N2O2S2/c13-6-1-2-11-5-7-17-12(11)8-14-18(15,16)9-10-3-4-10/h5,7,10,14H,3-4,6,8-9,13H2. The molecule has 4 nitrogen and oxygen atoms in total. The predicted molar refractivity (Wildman–Crippen MR) is 73.6 cm³/mol. The van der Waals surface area contributed by atoms with Crippen molar-refractivity contribution in [2.75, 3.05) is 12.3 Å². The van der Waals surface area contributed by atoms with E-state index in [0.29, 0.717) is 19.0 Å². The number of hydrogen-bond acceptors (Lipinski definition) is 4. The van der Waals surface area contributed by atoms with Gasteiger partial charge in [0.1, 0.15) is 0 Å². The Morgan fingerprint density at radius 2 is 2.28 bits per heavy atom. The minimum absolute atomic E-state index is 0.252. The van der Waals surface area contributed by atoms with Crippen LogP contribution in [0.4, 0.5) is 0 Å². The van der Waals surface area contributed by atoms with Crippen molar-refractivity contribution in [2.24, 2.45) is 11.7 Å². The molecule has 1 heterocycles. The van der Waals surface area contributed by atoms with E-state index in [-0.39, 0.29) is 5.75 Å². The summed E-state index contributed by atoms with van der Waals surface area (Å²) in [6.45, 7) is 0.629. The Balaban J connectivity index is 1.95. The van der Waals surface area contributed by atoms with Crippen LogP contribution < -0.4 is 10.5 Å². The van der Waals surface area contributed by atoms with E-state index in [0.717, 1.165) is 23.3 Å². The molecule has 0 atom stereocenters. The fourth-order valence-corrected chi connectivity index (χ4v) is 3.86. The van der Waals surface area contributed by atoms with Crippen LogP contribution in [0.15, 0.2) is 11.4 Å². The molecule has 0 amide bonds. The molecule has 1 aliphatic carbocycles. The number of nitrogens with two attached hydrogens (primary N) is 1. The Kier molecular flexibility index (Phi) is 4.40. The molecule has 1 aromatic rings. The second-order valence-corrected chi connectivity index (χ2v) is 7.16. The summed E-state index contributed by atoms with van der Waals surface area (Å²) in [4.78, 5) is 0.940. The fourth-order valence-electron chi connectivity index (χ4n) is 1.56. The van der Waals surface area contributed by atoms with Crippen molar-refractivity contribution in [1.82, 2.24) is 4.72 Å². The van der Waals surface area contributed by atoms with Crippen LogP contribution in [0.2, 0.25) is 0 Å². The zero-order chi connectivity index (χ0) is 13.0. The molecule has 0 aliphatic heterocycles. The molecule has 1 aromatic heterocycles. The number of hydrogen-bond donors (Lipinski definition) is 2. The van der Waals surface area contributed by atoms with E-state index in [9.17, 15) is 8.42 Å². The number of sulfonamides is 1. The number of thiophene rings is 1. The molecule has 6 heteroatoms. The summed E-state index contributed by atoms with van der Waals surface area (Å²) in [6, 6.07) is 1.89. The van der Waals surface area contributed by atoms with Gasteiger partial charge in [-0.3, -0.25) is 0 Å². The van der Waals surface area contributed by atoms with Crippen molar-refractivity contribution in [3.05, 3.63) is 21.9 Å². The Bertz CT molecular complexity index is 562. The van der Waals surface area contributed by atoms with Crippen LogP contribution in [0.25, 0.3) is 0 Å². The zero-order valence-corrected chi connectivity index (χ0v) is 11.6. The highest BCUT2D eigenvalue weighted by atomic mass is 32.2. The average Bonchev–Trinajstić information content (AvgIpc) is 3.00. The van der Waals surface area contributed by atoms with E-state index in [1.165, 1.54) is 11.3 Å². The Hall–Kier alpha value is -0.870. The van der Waals surface area contributed by atoms with Crippen molar-refractivity contribution in [1.29, 1.82) is 0 Å². The van der Waals surface area contributed by atoms with Crippen molar-refractivity contribution < 1.29 is 8.42 Å². The van der Waals surface area contributed by atoms with Gasteiger partial charge < -0.3 is 5.73 Å². The lowest BCUT2D eigenvalue weighted by molar-refractivity contribution is 0.578. The van der Waals surface area contributed by atoms with E-state index in [4.69, 9.17) is 5.73 Å². The van der Waals surface area contributed by atoms with Crippen molar-refractivity contribution in [3.8, 4) is 11.8 Å². The van der Waals surface area contributed by atoms with Gasteiger partial charge in [0.05, 0.1) is 12.3 Å². The quantitative estimate of drug-likeness (QED) is 0.789. The van der Waals surface area contributed by atoms with E-state index in [1.54, 1.807) is 0 Å². The largest absolute Gasteiger partial charge is 0.320 e. The molecular formula is C12H16N2O2S2. The van der Waals surface area contributed by atoms with Crippen molar-refractivity contribution in [2.45, 2.75) is 19.4 Å². The molecule has 0 aromatic carbocycles. The maximum atomic E-state index is 11.7. The van der Waals surface area contributed by atoms with Gasteiger partial charge in [-0.05, 0) is 30.2 Å². The van der Waals surface area contributed by atoms with Gasteiger partial charge in [0.2, 0.25) is 10.0 Å². The van der Waals surface area contributed by atoms with Gasteiger partial charge in [0, 0.05) is 17.0 Å².